The maximum Gasteiger partial charge on any atom is 0.317 e. The van der Waals surface area contributed by atoms with Gasteiger partial charge in [0.2, 0.25) is 0 Å². The largest absolute Gasteiger partial charge is 0.466 e. The van der Waals surface area contributed by atoms with Crippen LogP contribution >= 0.6 is 24.8 Å². The van der Waals surface area contributed by atoms with Crippen molar-refractivity contribution in [1.29, 1.82) is 0 Å². The zero-order valence-electron chi connectivity index (χ0n) is 15.5. The summed E-state index contributed by atoms with van der Waals surface area (Å²) in [5.41, 5.74) is 7.26. The van der Waals surface area contributed by atoms with E-state index in [4.69, 9.17) is 5.73 Å². The summed E-state index contributed by atoms with van der Waals surface area (Å²) in [6.45, 7) is 3.95. The molecule has 0 aromatic heterocycles. The molecule has 27 heavy (non-hydrogen) atoms. The van der Waals surface area contributed by atoms with Gasteiger partial charge in [-0.2, -0.15) is 0 Å². The van der Waals surface area contributed by atoms with Gasteiger partial charge in [-0.25, -0.2) is 0 Å². The second-order valence-electron chi connectivity index (χ2n) is 4.86. The number of rotatable bonds is 5. The lowest BCUT2D eigenvalue weighted by Crippen LogP contribution is -2.13. The Balaban J connectivity index is 0.000000422. The molecule has 0 radical (unpaired) electrons. The Morgan fingerprint density at radius 2 is 1.15 bits per heavy atom. The number of benzene rings is 2. The molecule has 2 rings (SSSR count). The zero-order valence-corrected chi connectivity index (χ0v) is 17.2. The van der Waals surface area contributed by atoms with Crippen LogP contribution in [0, 0.1) is 0 Å². The topological polar surface area (TPSA) is 78.6 Å². The van der Waals surface area contributed by atoms with Crippen LogP contribution in [0.4, 0.5) is 0 Å². The number of hydrogen-bond acceptors (Lipinski definition) is 5. The van der Waals surface area contributed by atoms with Gasteiger partial charge in [0.25, 0.3) is 0 Å². The molecule has 2 N–H and O–H groups in total. The summed E-state index contributed by atoms with van der Waals surface area (Å²) in [6, 6.07) is 20.8. The van der Waals surface area contributed by atoms with Crippen molar-refractivity contribution >= 4 is 41.1 Å². The first-order valence-electron chi connectivity index (χ1n) is 8.30. The van der Waals surface area contributed by atoms with Crippen molar-refractivity contribution in [3.63, 3.8) is 0 Å². The molecule has 0 aliphatic rings. The van der Waals surface area contributed by atoms with E-state index in [1.54, 1.807) is 13.8 Å². The van der Waals surface area contributed by atoms with E-state index >= 15 is 0 Å². The highest BCUT2D eigenvalue weighted by molar-refractivity contribution is 8.10. The van der Waals surface area contributed by atoms with Crippen LogP contribution in [0.5, 0.6) is 0 Å². The lowest BCUT2D eigenvalue weighted by molar-refractivity contribution is -0.153. The van der Waals surface area contributed by atoms with Crippen molar-refractivity contribution in [3.8, 4) is 11.1 Å². The van der Waals surface area contributed by atoms with Gasteiger partial charge in [0.15, 0.2) is 0 Å². The maximum absolute atomic E-state index is 10.6. The highest BCUT2D eigenvalue weighted by Crippen LogP contribution is 2.17. The van der Waals surface area contributed by atoms with Crippen LogP contribution in [0.3, 0.4) is 0 Å². The van der Waals surface area contributed by atoms with Crippen LogP contribution < -0.4 is 5.73 Å². The van der Waals surface area contributed by atoms with Gasteiger partial charge in [-0.05, 0) is 25.0 Å². The van der Waals surface area contributed by atoms with Gasteiger partial charge in [-0.1, -0.05) is 72.9 Å². The number of esters is 2. The Morgan fingerprint density at radius 3 is 1.41 bits per heavy atom. The number of thiol groups is 1. The minimum absolute atomic E-state index is 0.194. The second kappa shape index (κ2) is 15.8. The molecule has 0 fully saturated rings. The van der Waals surface area contributed by atoms with Crippen LogP contribution in [-0.2, 0) is 19.1 Å². The van der Waals surface area contributed by atoms with Crippen molar-refractivity contribution < 1.29 is 19.1 Å². The normalized spacial score (nSPS) is 8.85. The van der Waals surface area contributed by atoms with Crippen LogP contribution in [0.2, 0.25) is 0 Å². The molecule has 0 saturated heterocycles. The molecule has 2 aromatic carbocycles. The highest BCUT2D eigenvalue weighted by Gasteiger charge is 2.09. The van der Waals surface area contributed by atoms with Crippen molar-refractivity contribution in [1.82, 2.24) is 0 Å². The molecule has 7 heteroatoms. The fraction of sp³-hybridized carbons (Fsp3) is 0.250. The average Bonchev–Trinajstić information content (AvgIpc) is 2.63. The summed E-state index contributed by atoms with van der Waals surface area (Å²) in [7, 11) is 0. The van der Waals surface area contributed by atoms with Gasteiger partial charge in [-0.15, -0.1) is 12.6 Å². The number of carbonyl (C=O) groups is 2. The Kier molecular flexibility index (Phi) is 14.4. The van der Waals surface area contributed by atoms with Crippen LogP contribution in [0.1, 0.15) is 20.3 Å². The standard InChI is InChI=1S/C12H10.C7H12O4.CH3NS2/c1-3-7-11(8-4-1)12-9-5-2-6-10-12;1-3-10-6(8)5-7(9)11-4-2;2-1(3)4/h1-10H;3-5H2,1-2H3;(H3,2,3,4). The molecule has 0 aliphatic carbocycles. The fourth-order valence-corrected chi connectivity index (χ4v) is 1.80. The molecule has 0 unspecified atom stereocenters. The van der Waals surface area contributed by atoms with Gasteiger partial charge in [0, 0.05) is 0 Å². The second-order valence-corrected chi connectivity index (χ2v) is 6.08. The van der Waals surface area contributed by atoms with Gasteiger partial charge in [0.05, 0.1) is 13.2 Å². The molecular weight excluding hydrogens is 382 g/mol. The van der Waals surface area contributed by atoms with Crippen LogP contribution in [-0.4, -0.2) is 29.5 Å². The zero-order chi connectivity index (χ0) is 20.5. The molecular formula is C20H25NO4S2. The van der Waals surface area contributed by atoms with Crippen molar-refractivity contribution in [2.45, 2.75) is 20.3 Å². The molecule has 0 aliphatic heterocycles. The molecule has 0 atom stereocenters. The monoisotopic (exact) mass is 407 g/mol. The Labute approximate surface area is 171 Å². The number of thiocarbonyl (C=S) groups is 1. The summed E-state index contributed by atoms with van der Waals surface area (Å²) in [5.74, 6) is -1.07. The highest BCUT2D eigenvalue weighted by atomic mass is 32.1. The smallest absolute Gasteiger partial charge is 0.317 e. The summed E-state index contributed by atoms with van der Waals surface area (Å²) >= 11 is 7.65. The molecule has 5 nitrogen and oxygen atoms in total. The van der Waals surface area contributed by atoms with Crippen molar-refractivity contribution in [2.24, 2.45) is 5.73 Å². The van der Waals surface area contributed by atoms with Gasteiger partial charge in [-0.3, -0.25) is 9.59 Å². The van der Waals surface area contributed by atoms with E-state index < -0.39 is 11.9 Å². The molecule has 0 spiro atoms. The summed E-state index contributed by atoms with van der Waals surface area (Å²) in [4.78, 5) is 21.2. The molecule has 0 saturated carbocycles. The van der Waals surface area contributed by atoms with Crippen LogP contribution in [0.25, 0.3) is 11.1 Å². The van der Waals surface area contributed by atoms with Gasteiger partial charge in [0.1, 0.15) is 10.7 Å². The predicted octanol–water partition coefficient (Wildman–Crippen LogP) is 4.02. The number of hydrogen-bond donors (Lipinski definition) is 2. The fourth-order valence-electron chi connectivity index (χ4n) is 1.80. The number of ether oxygens (including phenoxy) is 2. The minimum Gasteiger partial charge on any atom is -0.466 e. The summed E-state index contributed by atoms with van der Waals surface area (Å²) in [6.07, 6.45) is -0.290. The van der Waals surface area contributed by atoms with E-state index in [9.17, 15) is 9.59 Å². The Morgan fingerprint density at radius 1 is 0.852 bits per heavy atom. The quantitative estimate of drug-likeness (QED) is 0.337. The van der Waals surface area contributed by atoms with E-state index in [2.05, 4.69) is 82.9 Å². The first-order chi connectivity index (χ1) is 12.9. The lowest BCUT2D eigenvalue weighted by Gasteiger charge is -2.00. The molecule has 0 bridgehead atoms. The molecule has 146 valence electrons. The maximum atomic E-state index is 10.6. The van der Waals surface area contributed by atoms with E-state index in [1.165, 1.54) is 11.1 Å². The van der Waals surface area contributed by atoms with E-state index in [-0.39, 0.29) is 24.0 Å². The Hall–Kier alpha value is -2.38. The SMILES string of the molecule is CCOC(=O)CC(=O)OCC.NC(=S)S.c1ccc(-c2ccccc2)cc1. The van der Waals surface area contributed by atoms with Crippen molar-refractivity contribution in [3.05, 3.63) is 60.7 Å². The average molecular weight is 408 g/mol. The third-order valence-electron chi connectivity index (χ3n) is 2.78. The molecule has 0 amide bonds. The first-order valence-corrected chi connectivity index (χ1v) is 9.16. The lowest BCUT2D eigenvalue weighted by atomic mass is 10.1. The number of carbonyl (C=O) groups excluding carboxylic acids is 2. The Bertz CT molecular complexity index is 621. The third kappa shape index (κ3) is 14.5. The molecule has 2 aromatic rings. The van der Waals surface area contributed by atoms with Gasteiger partial charge >= 0.3 is 11.9 Å². The minimum atomic E-state index is -0.536. The van der Waals surface area contributed by atoms with Crippen LogP contribution in [0.15, 0.2) is 60.7 Å². The molecule has 0 heterocycles. The van der Waals surface area contributed by atoms with Crippen molar-refractivity contribution in [2.75, 3.05) is 13.2 Å². The summed E-state index contributed by atoms with van der Waals surface area (Å²) in [5, 5.41) is 0. The first kappa shape index (κ1) is 24.6. The number of nitrogens with two attached hydrogens (primary N) is 1. The third-order valence-corrected chi connectivity index (χ3v) is 2.78. The van der Waals surface area contributed by atoms with Gasteiger partial charge < -0.3 is 15.2 Å². The summed E-state index contributed by atoms with van der Waals surface area (Å²) < 4.78 is 9.23. The van der Waals surface area contributed by atoms with E-state index in [1.807, 2.05) is 12.1 Å². The van der Waals surface area contributed by atoms with E-state index in [0.29, 0.717) is 0 Å². The predicted molar refractivity (Wildman–Crippen MR) is 116 cm³/mol. The van der Waals surface area contributed by atoms with E-state index in [0.717, 1.165) is 0 Å².